The van der Waals surface area contributed by atoms with E-state index in [9.17, 15) is 0 Å². The van der Waals surface area contributed by atoms with Crippen molar-refractivity contribution in [2.24, 2.45) is 5.84 Å². The van der Waals surface area contributed by atoms with Gasteiger partial charge in [-0.15, -0.1) is 0 Å². The van der Waals surface area contributed by atoms with E-state index in [4.69, 9.17) is 15.3 Å². The molecular formula is C15H24N2O2. The zero-order valence-corrected chi connectivity index (χ0v) is 12.0. The topological polar surface area (TPSA) is 56.5 Å². The van der Waals surface area contributed by atoms with Gasteiger partial charge in [-0.1, -0.05) is 6.07 Å². The first-order chi connectivity index (χ1) is 9.17. The predicted molar refractivity (Wildman–Crippen MR) is 76.1 cm³/mol. The molecule has 0 aliphatic carbocycles. The molecule has 1 saturated heterocycles. The van der Waals surface area contributed by atoms with E-state index < -0.39 is 0 Å². The highest BCUT2D eigenvalue weighted by Gasteiger charge is 2.28. The lowest BCUT2D eigenvalue weighted by Crippen LogP contribution is -2.40. The van der Waals surface area contributed by atoms with Crippen LogP contribution in [0.25, 0.3) is 0 Å². The summed E-state index contributed by atoms with van der Waals surface area (Å²) in [7, 11) is 1.70. The maximum atomic E-state index is 5.87. The van der Waals surface area contributed by atoms with Crippen LogP contribution in [0, 0.1) is 13.8 Å². The molecule has 19 heavy (non-hydrogen) atoms. The predicted octanol–water partition coefficient (Wildman–Crippen LogP) is 2.39. The second-order valence-corrected chi connectivity index (χ2v) is 5.25. The fraction of sp³-hybridized carbons (Fsp3) is 0.600. The number of rotatable bonds is 4. The highest BCUT2D eigenvalue weighted by Crippen LogP contribution is 2.34. The summed E-state index contributed by atoms with van der Waals surface area (Å²) in [6.07, 6.45) is 3.48. The van der Waals surface area contributed by atoms with Gasteiger partial charge in [0.1, 0.15) is 5.75 Å². The van der Waals surface area contributed by atoms with E-state index in [2.05, 4.69) is 31.4 Å². The van der Waals surface area contributed by atoms with Crippen molar-refractivity contribution in [2.45, 2.75) is 45.3 Å². The fourth-order valence-electron chi connectivity index (χ4n) is 2.91. The Balaban J connectivity index is 2.36. The van der Waals surface area contributed by atoms with Crippen molar-refractivity contribution in [2.75, 3.05) is 13.7 Å². The van der Waals surface area contributed by atoms with Crippen molar-refractivity contribution in [3.05, 3.63) is 28.8 Å². The van der Waals surface area contributed by atoms with Crippen molar-refractivity contribution in [3.63, 3.8) is 0 Å². The van der Waals surface area contributed by atoms with E-state index in [0.717, 1.165) is 30.8 Å². The molecule has 4 nitrogen and oxygen atoms in total. The van der Waals surface area contributed by atoms with Crippen LogP contribution in [0.2, 0.25) is 0 Å². The number of hydrogen-bond acceptors (Lipinski definition) is 4. The third-order valence-electron chi connectivity index (χ3n) is 3.79. The SMILES string of the molecule is COc1cc(C)cc(C)c1C(NN)C1CCCCO1. The number of aryl methyl sites for hydroxylation is 2. The van der Waals surface area contributed by atoms with Crippen LogP contribution in [-0.4, -0.2) is 19.8 Å². The molecular weight excluding hydrogens is 240 g/mol. The van der Waals surface area contributed by atoms with Crippen LogP contribution in [0.4, 0.5) is 0 Å². The van der Waals surface area contributed by atoms with Gasteiger partial charge < -0.3 is 9.47 Å². The quantitative estimate of drug-likeness (QED) is 0.647. The van der Waals surface area contributed by atoms with E-state index in [1.165, 1.54) is 17.5 Å². The van der Waals surface area contributed by atoms with Gasteiger partial charge >= 0.3 is 0 Å². The summed E-state index contributed by atoms with van der Waals surface area (Å²) >= 11 is 0. The Hall–Kier alpha value is -1.10. The average Bonchev–Trinajstić information content (AvgIpc) is 2.42. The van der Waals surface area contributed by atoms with Gasteiger partial charge in [-0.25, -0.2) is 0 Å². The first kappa shape index (κ1) is 14.3. The number of benzene rings is 1. The van der Waals surface area contributed by atoms with Crippen molar-refractivity contribution in [1.29, 1.82) is 0 Å². The molecule has 0 bridgehead atoms. The van der Waals surface area contributed by atoms with E-state index in [1.807, 2.05) is 0 Å². The van der Waals surface area contributed by atoms with Crippen molar-refractivity contribution >= 4 is 0 Å². The molecule has 4 heteroatoms. The minimum Gasteiger partial charge on any atom is -0.496 e. The Morgan fingerprint density at radius 2 is 2.16 bits per heavy atom. The molecule has 1 heterocycles. The number of nitrogens with two attached hydrogens (primary N) is 1. The molecule has 0 radical (unpaired) electrons. The van der Waals surface area contributed by atoms with E-state index in [1.54, 1.807) is 7.11 Å². The summed E-state index contributed by atoms with van der Waals surface area (Å²) in [5.41, 5.74) is 6.41. The van der Waals surface area contributed by atoms with Gasteiger partial charge in [0.15, 0.2) is 0 Å². The largest absolute Gasteiger partial charge is 0.496 e. The van der Waals surface area contributed by atoms with Gasteiger partial charge in [-0.3, -0.25) is 11.3 Å². The standard InChI is InChI=1S/C15H24N2O2/c1-10-8-11(2)14(13(9-10)18-3)15(17-16)12-6-4-5-7-19-12/h8-9,12,15,17H,4-7,16H2,1-3H3. The van der Waals surface area contributed by atoms with Crippen LogP contribution < -0.4 is 16.0 Å². The van der Waals surface area contributed by atoms with Crippen LogP contribution in [-0.2, 0) is 4.74 Å². The molecule has 1 aliphatic rings. The fourth-order valence-corrected chi connectivity index (χ4v) is 2.91. The first-order valence-electron chi connectivity index (χ1n) is 6.90. The van der Waals surface area contributed by atoms with E-state index in [0.29, 0.717) is 0 Å². The number of nitrogens with one attached hydrogen (secondary N) is 1. The van der Waals surface area contributed by atoms with Crippen LogP contribution in [0.3, 0.4) is 0 Å². The van der Waals surface area contributed by atoms with Gasteiger partial charge in [-0.2, -0.15) is 0 Å². The van der Waals surface area contributed by atoms with Crippen LogP contribution in [0.5, 0.6) is 5.75 Å². The van der Waals surface area contributed by atoms with Gasteiger partial charge in [0, 0.05) is 12.2 Å². The lowest BCUT2D eigenvalue weighted by Gasteiger charge is -2.32. The smallest absolute Gasteiger partial charge is 0.124 e. The minimum atomic E-state index is -0.0177. The Bertz CT molecular complexity index is 428. The third-order valence-corrected chi connectivity index (χ3v) is 3.79. The third kappa shape index (κ3) is 3.08. The first-order valence-corrected chi connectivity index (χ1v) is 6.90. The number of ether oxygens (including phenoxy) is 2. The maximum Gasteiger partial charge on any atom is 0.124 e. The molecule has 0 spiro atoms. The van der Waals surface area contributed by atoms with E-state index in [-0.39, 0.29) is 12.1 Å². The summed E-state index contributed by atoms with van der Waals surface area (Å²) in [6.45, 7) is 4.98. The lowest BCUT2D eigenvalue weighted by molar-refractivity contribution is -0.00879. The van der Waals surface area contributed by atoms with Crippen molar-refractivity contribution in [3.8, 4) is 5.75 Å². The van der Waals surface area contributed by atoms with Crippen molar-refractivity contribution < 1.29 is 9.47 Å². The monoisotopic (exact) mass is 264 g/mol. The Morgan fingerprint density at radius 3 is 2.74 bits per heavy atom. The highest BCUT2D eigenvalue weighted by atomic mass is 16.5. The molecule has 106 valence electrons. The second-order valence-electron chi connectivity index (χ2n) is 5.25. The molecule has 2 unspecified atom stereocenters. The molecule has 3 N–H and O–H groups in total. The molecule has 2 rings (SSSR count). The Morgan fingerprint density at radius 1 is 1.37 bits per heavy atom. The van der Waals surface area contributed by atoms with Gasteiger partial charge in [0.25, 0.3) is 0 Å². The average molecular weight is 264 g/mol. The number of hydrogen-bond donors (Lipinski definition) is 2. The summed E-state index contributed by atoms with van der Waals surface area (Å²) in [5, 5.41) is 0. The molecule has 1 aromatic rings. The van der Waals surface area contributed by atoms with Gasteiger partial charge in [-0.05, 0) is 50.3 Å². The Kier molecular flexibility index (Phi) is 4.80. The summed E-state index contributed by atoms with van der Waals surface area (Å²) in [5.74, 6) is 6.66. The van der Waals surface area contributed by atoms with Crippen molar-refractivity contribution in [1.82, 2.24) is 5.43 Å². The molecule has 2 atom stereocenters. The van der Waals surface area contributed by atoms with Crippen LogP contribution in [0.1, 0.15) is 42.0 Å². The summed E-state index contributed by atoms with van der Waals surface area (Å²) in [4.78, 5) is 0. The van der Waals surface area contributed by atoms with Crippen LogP contribution in [0.15, 0.2) is 12.1 Å². The van der Waals surface area contributed by atoms with Gasteiger partial charge in [0.2, 0.25) is 0 Å². The normalized spacial score (nSPS) is 21.2. The van der Waals surface area contributed by atoms with E-state index >= 15 is 0 Å². The Labute approximate surface area is 115 Å². The summed E-state index contributed by atoms with van der Waals surface area (Å²) in [6, 6.07) is 4.19. The lowest BCUT2D eigenvalue weighted by atomic mass is 9.91. The highest BCUT2D eigenvalue weighted by molar-refractivity contribution is 5.45. The van der Waals surface area contributed by atoms with Gasteiger partial charge in [0.05, 0.1) is 19.3 Å². The zero-order chi connectivity index (χ0) is 13.8. The maximum absolute atomic E-state index is 5.87. The number of hydrazine groups is 1. The second kappa shape index (κ2) is 6.37. The summed E-state index contributed by atoms with van der Waals surface area (Å²) < 4.78 is 11.4. The number of methoxy groups -OCH3 is 1. The molecule has 1 aliphatic heterocycles. The molecule has 0 saturated carbocycles. The minimum absolute atomic E-state index is 0.0177. The molecule has 1 fully saturated rings. The van der Waals surface area contributed by atoms with Crippen LogP contribution >= 0.6 is 0 Å². The molecule has 1 aromatic carbocycles. The zero-order valence-electron chi connectivity index (χ0n) is 12.0. The molecule has 0 aromatic heterocycles. The molecule has 0 amide bonds.